The van der Waals surface area contributed by atoms with Crippen molar-refractivity contribution in [2.75, 3.05) is 26.4 Å². The van der Waals surface area contributed by atoms with Crippen LogP contribution in [0.4, 0.5) is 0 Å². The molecule has 0 aliphatic carbocycles. The molecule has 1 fully saturated rings. The van der Waals surface area contributed by atoms with Gasteiger partial charge in [0.15, 0.2) is 0 Å². The Kier molecular flexibility index (Phi) is 5.11. The van der Waals surface area contributed by atoms with Crippen LogP contribution in [0, 0.1) is 5.92 Å². The lowest BCUT2D eigenvalue weighted by Gasteiger charge is -2.26. The minimum Gasteiger partial charge on any atom is -0.381 e. The maximum atomic E-state index is 11.7. The fraction of sp³-hybridized carbons (Fsp3) is 0.533. The molecule has 1 aromatic carbocycles. The molecule has 0 radical (unpaired) electrons. The second-order valence-corrected chi connectivity index (χ2v) is 5.26. The second kappa shape index (κ2) is 6.83. The van der Waals surface area contributed by atoms with E-state index in [0.29, 0.717) is 25.6 Å². The molecule has 20 heavy (non-hydrogen) atoms. The van der Waals surface area contributed by atoms with Gasteiger partial charge in [-0.3, -0.25) is 4.79 Å². The largest absolute Gasteiger partial charge is 0.381 e. The minimum absolute atomic E-state index is 0.375. The van der Waals surface area contributed by atoms with Gasteiger partial charge in [0.2, 0.25) is 5.91 Å². The van der Waals surface area contributed by atoms with E-state index >= 15 is 0 Å². The molecular weight excluding hydrogens is 256 g/mol. The van der Waals surface area contributed by atoms with Crippen LogP contribution < -0.4 is 11.5 Å². The highest BCUT2D eigenvalue weighted by atomic mass is 16.5. The van der Waals surface area contributed by atoms with Crippen LogP contribution in [-0.2, 0) is 19.8 Å². The fourth-order valence-corrected chi connectivity index (χ4v) is 2.34. The summed E-state index contributed by atoms with van der Waals surface area (Å²) in [6, 6.07) is 9.19. The average Bonchev–Trinajstić information content (AvgIpc) is 2.97. The lowest BCUT2D eigenvalue weighted by Crippen LogP contribution is -2.49. The van der Waals surface area contributed by atoms with Crippen molar-refractivity contribution in [1.82, 2.24) is 0 Å². The summed E-state index contributed by atoms with van der Waals surface area (Å²) in [5.74, 6) is -0.0797. The average molecular weight is 278 g/mol. The van der Waals surface area contributed by atoms with Gasteiger partial charge in [-0.05, 0) is 12.0 Å². The monoisotopic (exact) mass is 278 g/mol. The van der Waals surface area contributed by atoms with E-state index in [1.165, 1.54) is 0 Å². The van der Waals surface area contributed by atoms with Gasteiger partial charge in [-0.25, -0.2) is 0 Å². The van der Waals surface area contributed by atoms with Crippen molar-refractivity contribution in [2.45, 2.75) is 18.4 Å². The zero-order valence-corrected chi connectivity index (χ0v) is 11.6. The summed E-state index contributed by atoms with van der Waals surface area (Å²) < 4.78 is 10.9. The summed E-state index contributed by atoms with van der Waals surface area (Å²) >= 11 is 0. The molecule has 4 N–H and O–H groups in total. The molecule has 5 nitrogen and oxygen atoms in total. The number of primary amides is 1. The van der Waals surface area contributed by atoms with E-state index in [-0.39, 0.29) is 0 Å². The highest BCUT2D eigenvalue weighted by molar-refractivity contribution is 5.85. The number of hydrogen-bond acceptors (Lipinski definition) is 4. The zero-order chi connectivity index (χ0) is 14.4. The molecule has 2 atom stereocenters. The first-order chi connectivity index (χ1) is 9.63. The Morgan fingerprint density at radius 3 is 2.75 bits per heavy atom. The topological polar surface area (TPSA) is 87.6 Å². The number of ether oxygens (including phenoxy) is 2. The molecule has 1 amide bonds. The number of carbonyl (C=O) groups excluding carboxylic acids is 1. The van der Waals surface area contributed by atoms with Crippen LogP contribution >= 0.6 is 0 Å². The van der Waals surface area contributed by atoms with Crippen molar-refractivity contribution in [3.8, 4) is 0 Å². The molecule has 5 heteroatoms. The second-order valence-electron chi connectivity index (χ2n) is 5.26. The van der Waals surface area contributed by atoms with Gasteiger partial charge in [-0.2, -0.15) is 0 Å². The van der Waals surface area contributed by atoms with E-state index in [0.717, 1.165) is 25.2 Å². The van der Waals surface area contributed by atoms with Crippen molar-refractivity contribution in [3.05, 3.63) is 35.9 Å². The van der Waals surface area contributed by atoms with Crippen molar-refractivity contribution in [1.29, 1.82) is 0 Å². The number of nitrogens with two attached hydrogens (primary N) is 2. The minimum atomic E-state index is -1.17. The van der Waals surface area contributed by atoms with Crippen molar-refractivity contribution >= 4 is 5.91 Å². The van der Waals surface area contributed by atoms with Crippen LogP contribution in [-0.4, -0.2) is 32.3 Å². The van der Waals surface area contributed by atoms with Crippen LogP contribution in [0.3, 0.4) is 0 Å². The van der Waals surface area contributed by atoms with E-state index in [4.69, 9.17) is 20.9 Å². The van der Waals surface area contributed by atoms with Crippen LogP contribution in [0.5, 0.6) is 0 Å². The Balaban J connectivity index is 1.87. The summed E-state index contributed by atoms with van der Waals surface area (Å²) in [6.45, 7) is 2.61. The summed E-state index contributed by atoms with van der Waals surface area (Å²) in [6.07, 6.45) is 1.40. The Morgan fingerprint density at radius 2 is 2.15 bits per heavy atom. The first kappa shape index (κ1) is 15.0. The standard InChI is InChI=1S/C15H22N2O3/c16-14(18)15(17,13-4-2-1-3-5-13)7-9-20-11-12-6-8-19-10-12/h1-5,12H,6-11,17H2,(H2,16,18). The van der Waals surface area contributed by atoms with Crippen molar-refractivity contribution < 1.29 is 14.3 Å². The number of carbonyl (C=O) groups is 1. The summed E-state index contributed by atoms with van der Waals surface area (Å²) in [5, 5.41) is 0. The predicted octanol–water partition coefficient (Wildman–Crippen LogP) is 0.769. The molecular formula is C15H22N2O3. The lowest BCUT2D eigenvalue weighted by atomic mass is 9.87. The Bertz CT molecular complexity index is 432. The number of benzene rings is 1. The van der Waals surface area contributed by atoms with Crippen molar-refractivity contribution in [2.24, 2.45) is 17.4 Å². The SMILES string of the molecule is NC(=O)C(N)(CCOCC1CCOC1)c1ccccc1. The van der Waals surface area contributed by atoms with Gasteiger partial charge in [0.25, 0.3) is 0 Å². The quantitative estimate of drug-likeness (QED) is 0.721. The maximum absolute atomic E-state index is 11.7. The predicted molar refractivity (Wildman–Crippen MR) is 75.9 cm³/mol. The van der Waals surface area contributed by atoms with Gasteiger partial charge < -0.3 is 20.9 Å². The Hall–Kier alpha value is -1.43. The van der Waals surface area contributed by atoms with Gasteiger partial charge in [-0.15, -0.1) is 0 Å². The molecule has 1 aromatic rings. The Labute approximate surface area is 119 Å². The van der Waals surface area contributed by atoms with Crippen LogP contribution in [0.2, 0.25) is 0 Å². The van der Waals surface area contributed by atoms with Crippen LogP contribution in [0.1, 0.15) is 18.4 Å². The maximum Gasteiger partial charge on any atom is 0.242 e. The van der Waals surface area contributed by atoms with E-state index in [1.807, 2.05) is 30.3 Å². The first-order valence-electron chi connectivity index (χ1n) is 6.93. The number of amides is 1. The Morgan fingerprint density at radius 1 is 1.40 bits per heavy atom. The van der Waals surface area contributed by atoms with Gasteiger partial charge in [0, 0.05) is 25.6 Å². The van der Waals surface area contributed by atoms with E-state index in [1.54, 1.807) is 0 Å². The molecule has 0 spiro atoms. The molecule has 0 saturated carbocycles. The third-order valence-corrected chi connectivity index (χ3v) is 3.75. The van der Waals surface area contributed by atoms with Gasteiger partial charge in [0.05, 0.1) is 13.2 Å². The molecule has 1 saturated heterocycles. The van der Waals surface area contributed by atoms with Crippen LogP contribution in [0.15, 0.2) is 30.3 Å². The highest BCUT2D eigenvalue weighted by Gasteiger charge is 2.33. The highest BCUT2D eigenvalue weighted by Crippen LogP contribution is 2.22. The first-order valence-corrected chi connectivity index (χ1v) is 6.93. The third kappa shape index (κ3) is 3.56. The van der Waals surface area contributed by atoms with Gasteiger partial charge in [0.1, 0.15) is 5.54 Å². The van der Waals surface area contributed by atoms with Crippen LogP contribution in [0.25, 0.3) is 0 Å². The molecule has 110 valence electrons. The van der Waals surface area contributed by atoms with Gasteiger partial charge in [-0.1, -0.05) is 30.3 Å². The van der Waals surface area contributed by atoms with Gasteiger partial charge >= 0.3 is 0 Å². The molecule has 1 heterocycles. The smallest absolute Gasteiger partial charge is 0.242 e. The van der Waals surface area contributed by atoms with E-state index in [2.05, 4.69) is 0 Å². The van der Waals surface area contributed by atoms with E-state index < -0.39 is 11.4 Å². The molecule has 1 aliphatic rings. The summed E-state index contributed by atoms with van der Waals surface area (Å²) in [7, 11) is 0. The molecule has 1 aliphatic heterocycles. The molecule has 0 bridgehead atoms. The number of rotatable bonds is 7. The third-order valence-electron chi connectivity index (χ3n) is 3.75. The summed E-state index contributed by atoms with van der Waals surface area (Å²) in [5.41, 5.74) is 11.2. The van der Waals surface area contributed by atoms with E-state index in [9.17, 15) is 4.79 Å². The summed E-state index contributed by atoms with van der Waals surface area (Å²) in [4.78, 5) is 11.7. The number of hydrogen-bond donors (Lipinski definition) is 2. The van der Waals surface area contributed by atoms with Crippen molar-refractivity contribution in [3.63, 3.8) is 0 Å². The fourth-order valence-electron chi connectivity index (χ4n) is 2.34. The lowest BCUT2D eigenvalue weighted by molar-refractivity contribution is -0.124. The molecule has 0 aromatic heterocycles. The zero-order valence-electron chi connectivity index (χ0n) is 11.6. The molecule has 2 unspecified atom stereocenters. The normalized spacial score (nSPS) is 21.6. The molecule has 2 rings (SSSR count).